The van der Waals surface area contributed by atoms with E-state index in [9.17, 15) is 0 Å². The molecule has 12 heterocycles. The largest absolute Gasteiger partial charge is 0.307 e. The van der Waals surface area contributed by atoms with Crippen molar-refractivity contribution >= 4 is 0 Å². The van der Waals surface area contributed by atoms with Crippen LogP contribution in [0.15, 0.2) is 173 Å². The van der Waals surface area contributed by atoms with Crippen molar-refractivity contribution in [1.29, 1.82) is 0 Å². The Hall–Kier alpha value is -10.2. The molecule has 12 aromatic rings. The predicted molar refractivity (Wildman–Crippen MR) is 336 cm³/mol. The van der Waals surface area contributed by atoms with Crippen LogP contribution >= 0.6 is 0 Å². The summed E-state index contributed by atoms with van der Waals surface area (Å²) in [6, 6.07) is 5.80. The van der Waals surface area contributed by atoms with Crippen LogP contribution in [0.25, 0.3) is 34.9 Å². The maximum atomic E-state index is 4.36. The standard InChI is InChI=1S/3C11H14N4.C11H13N3.2C10H12N4/c1-8(2)10-4-13-11(5-12-10)15-6-9(3)14-7-15;1-8(2)10-5-13-11(6-12-10)15-7-9(3)4-14-15;1-8(2)10-6-14-11(7-13-10)15-5-4-12-9(15)3;1-9(2)10-7-13-11(8-12-10)14-5-3-4-6-14;1-8(2)9-5-13-10(6-12-9)14-4-3-11-7-14;1-8(2)9-6-12-10(7-11-9)14-5-3-4-13-14/h3*4-8H,1-3H3;3-9H,1-2H3;2*3-8H,1-2H3. The van der Waals surface area contributed by atoms with E-state index < -0.39 is 0 Å². The number of rotatable bonds is 12. The topological polar surface area (TPSA) is 249 Å². The molecule has 0 aromatic carbocycles. The molecule has 0 spiro atoms. The van der Waals surface area contributed by atoms with E-state index in [1.807, 2.05) is 119 Å². The highest BCUT2D eigenvalue weighted by molar-refractivity contribution is 5.25. The lowest BCUT2D eigenvalue weighted by molar-refractivity contribution is 0.784. The van der Waals surface area contributed by atoms with Crippen molar-refractivity contribution in [3.63, 3.8) is 0 Å². The van der Waals surface area contributed by atoms with Gasteiger partial charge in [0.2, 0.25) is 0 Å². The molecule has 87 heavy (non-hydrogen) atoms. The number of aryl methyl sites for hydroxylation is 3. The first-order valence-electron chi connectivity index (χ1n) is 28.9. The maximum Gasteiger partial charge on any atom is 0.171 e. The van der Waals surface area contributed by atoms with Crippen molar-refractivity contribution < 1.29 is 0 Å². The molecule has 0 amide bonds. The molecule has 0 aliphatic carbocycles. The Morgan fingerprint density at radius 3 is 1.06 bits per heavy atom. The highest BCUT2D eigenvalue weighted by Crippen LogP contribution is 2.17. The van der Waals surface area contributed by atoms with Gasteiger partial charge in [0, 0.05) is 62.0 Å². The average Bonchev–Trinajstić information content (AvgIpc) is 4.58. The molecular weight excluding hydrogens is 1090 g/mol. The van der Waals surface area contributed by atoms with Crippen molar-refractivity contribution in [2.24, 2.45) is 0 Å². The average molecular weight is 1170 g/mol. The quantitative estimate of drug-likeness (QED) is 0.110. The van der Waals surface area contributed by atoms with Crippen molar-refractivity contribution in [2.75, 3.05) is 0 Å². The van der Waals surface area contributed by atoms with Gasteiger partial charge in [-0.15, -0.1) is 0 Å². The molecule has 0 fully saturated rings. The van der Waals surface area contributed by atoms with Gasteiger partial charge in [0.1, 0.15) is 18.5 Å². The highest BCUT2D eigenvalue weighted by atomic mass is 15.3. The third kappa shape index (κ3) is 19.2. The van der Waals surface area contributed by atoms with Gasteiger partial charge in [-0.1, -0.05) is 83.1 Å². The molecule has 450 valence electrons. The molecule has 23 nitrogen and oxygen atoms in total. The minimum atomic E-state index is 0.408. The number of imidazole rings is 3. The second-order valence-corrected chi connectivity index (χ2v) is 22.0. The van der Waals surface area contributed by atoms with Crippen LogP contribution in [0.4, 0.5) is 0 Å². The first kappa shape index (κ1) is 64.4. The summed E-state index contributed by atoms with van der Waals surface area (Å²) in [5.74, 6) is 8.20. The summed E-state index contributed by atoms with van der Waals surface area (Å²) in [5, 5.41) is 8.25. The fourth-order valence-electron chi connectivity index (χ4n) is 7.53. The number of nitrogens with zero attached hydrogens (tertiary/aromatic N) is 23. The molecule has 0 aliphatic heterocycles. The van der Waals surface area contributed by atoms with Crippen LogP contribution in [0.1, 0.15) is 170 Å². The Labute approximate surface area is 509 Å². The second kappa shape index (κ2) is 31.6. The minimum absolute atomic E-state index is 0.408. The molecule has 0 saturated carbocycles. The summed E-state index contributed by atoms with van der Waals surface area (Å²) < 4.78 is 11.0. The van der Waals surface area contributed by atoms with E-state index in [4.69, 9.17) is 0 Å². The third-order valence-corrected chi connectivity index (χ3v) is 12.9. The number of hydrogen-bond acceptors (Lipinski definition) is 17. The van der Waals surface area contributed by atoms with Gasteiger partial charge >= 0.3 is 0 Å². The van der Waals surface area contributed by atoms with Gasteiger partial charge < -0.3 is 4.57 Å². The molecular formula is C64H79N23. The van der Waals surface area contributed by atoms with Crippen molar-refractivity contribution in [1.82, 2.24) is 113 Å². The zero-order valence-corrected chi connectivity index (χ0v) is 52.4. The summed E-state index contributed by atoms with van der Waals surface area (Å²) in [6.07, 6.45) is 45.3. The Kier molecular flexibility index (Phi) is 23.4. The minimum Gasteiger partial charge on any atom is -0.307 e. The summed E-state index contributed by atoms with van der Waals surface area (Å²) >= 11 is 0. The van der Waals surface area contributed by atoms with Gasteiger partial charge in [-0.2, -0.15) is 10.2 Å². The molecule has 0 radical (unpaired) electrons. The molecule has 0 unspecified atom stereocenters. The van der Waals surface area contributed by atoms with Gasteiger partial charge in [-0.3, -0.25) is 43.6 Å². The Bertz CT molecular complexity index is 3520. The lowest BCUT2D eigenvalue weighted by Crippen LogP contribution is -2.02. The van der Waals surface area contributed by atoms with Crippen LogP contribution in [0, 0.1) is 20.8 Å². The summed E-state index contributed by atoms with van der Waals surface area (Å²) in [4.78, 5) is 64.2. The monoisotopic (exact) mass is 1170 g/mol. The van der Waals surface area contributed by atoms with E-state index in [2.05, 4.69) is 168 Å². The first-order chi connectivity index (χ1) is 41.8. The SMILES string of the molecule is CC(C)c1cnc(-n2cccc2)cn1.CC(C)c1cnc(-n2cccn2)cn1.CC(C)c1cnc(-n2ccnc2)cn1.Cc1cn(-c2cnc(C(C)C)cn2)cn1.Cc1cnn(-c2cnc(C(C)C)cn2)c1.Cc1nccn1-c1cnc(C(C)C)cn1. The predicted octanol–water partition coefficient (Wildman–Crippen LogP) is 12.2. The number of hydrogen-bond donors (Lipinski definition) is 0. The van der Waals surface area contributed by atoms with E-state index in [1.54, 1.807) is 103 Å². The van der Waals surface area contributed by atoms with Crippen LogP contribution in [-0.4, -0.2) is 113 Å². The van der Waals surface area contributed by atoms with Crippen molar-refractivity contribution in [3.8, 4) is 34.9 Å². The normalized spacial score (nSPS) is 10.9. The molecule has 0 aliphatic rings. The van der Waals surface area contributed by atoms with E-state index in [0.717, 1.165) is 86.2 Å². The third-order valence-electron chi connectivity index (χ3n) is 12.9. The van der Waals surface area contributed by atoms with E-state index in [0.29, 0.717) is 35.5 Å². The molecule has 0 saturated heterocycles. The van der Waals surface area contributed by atoms with E-state index in [-0.39, 0.29) is 0 Å². The Morgan fingerprint density at radius 1 is 0.299 bits per heavy atom. The number of aromatic nitrogens is 23. The van der Waals surface area contributed by atoms with E-state index in [1.165, 1.54) is 0 Å². The van der Waals surface area contributed by atoms with E-state index >= 15 is 0 Å². The van der Waals surface area contributed by atoms with Gasteiger partial charge in [-0.05, 0) is 80.0 Å². The van der Waals surface area contributed by atoms with Gasteiger partial charge in [-0.25, -0.2) is 54.2 Å². The van der Waals surface area contributed by atoms with Gasteiger partial charge in [0.05, 0.1) is 120 Å². The Morgan fingerprint density at radius 2 is 0.724 bits per heavy atom. The van der Waals surface area contributed by atoms with Crippen LogP contribution in [0.3, 0.4) is 0 Å². The summed E-state index contributed by atoms with van der Waals surface area (Å²) in [5.41, 5.74) is 8.15. The fraction of sp³-hybridized carbons (Fsp3) is 0.328. The zero-order valence-electron chi connectivity index (χ0n) is 52.4. The molecule has 12 rings (SSSR count). The van der Waals surface area contributed by atoms with Crippen molar-refractivity contribution in [2.45, 2.75) is 139 Å². The molecule has 0 N–H and O–H groups in total. The molecule has 23 heteroatoms. The molecule has 12 aromatic heterocycles. The van der Waals surface area contributed by atoms with Crippen LogP contribution in [0.5, 0.6) is 0 Å². The summed E-state index contributed by atoms with van der Waals surface area (Å²) in [7, 11) is 0. The zero-order chi connectivity index (χ0) is 62.4. The lowest BCUT2D eigenvalue weighted by Gasteiger charge is -2.06. The van der Waals surface area contributed by atoms with Crippen LogP contribution < -0.4 is 0 Å². The smallest absolute Gasteiger partial charge is 0.171 e. The highest BCUT2D eigenvalue weighted by Gasteiger charge is 2.09. The first-order valence-corrected chi connectivity index (χ1v) is 28.9. The fourth-order valence-corrected chi connectivity index (χ4v) is 7.53. The maximum absolute atomic E-state index is 4.36. The lowest BCUT2D eigenvalue weighted by atomic mass is 10.1. The van der Waals surface area contributed by atoms with Crippen molar-refractivity contribution in [3.05, 3.63) is 225 Å². The van der Waals surface area contributed by atoms with Crippen LogP contribution in [-0.2, 0) is 0 Å². The second-order valence-electron chi connectivity index (χ2n) is 22.0. The van der Waals surface area contributed by atoms with Gasteiger partial charge in [0.15, 0.2) is 34.9 Å². The molecule has 0 atom stereocenters. The van der Waals surface area contributed by atoms with Gasteiger partial charge in [0.25, 0.3) is 0 Å². The summed E-state index contributed by atoms with van der Waals surface area (Å²) in [6.45, 7) is 31.1. The molecule has 0 bridgehead atoms. The van der Waals surface area contributed by atoms with Crippen LogP contribution in [0.2, 0.25) is 0 Å². The Balaban J connectivity index is 0.000000149.